The Morgan fingerprint density at radius 2 is 2.03 bits per heavy atom. The summed E-state index contributed by atoms with van der Waals surface area (Å²) in [5.41, 5.74) is 3.08. The maximum Gasteiger partial charge on any atom is 0.338 e. The van der Waals surface area contributed by atoms with Gasteiger partial charge < -0.3 is 20.4 Å². The van der Waals surface area contributed by atoms with E-state index in [1.54, 1.807) is 12.3 Å². The summed E-state index contributed by atoms with van der Waals surface area (Å²) in [5, 5.41) is 4.44. The van der Waals surface area contributed by atoms with Crippen LogP contribution in [0.1, 0.15) is 62.0 Å². The number of allylic oxidation sites excluding steroid dienone is 2. The fraction of sp³-hybridized carbons (Fsp3) is 0.536. The van der Waals surface area contributed by atoms with Gasteiger partial charge in [0.05, 0.1) is 12.2 Å². The zero-order valence-corrected chi connectivity index (χ0v) is 23.1. The number of rotatable bonds is 8. The van der Waals surface area contributed by atoms with Crippen LogP contribution in [-0.4, -0.2) is 72.4 Å². The van der Waals surface area contributed by atoms with Crippen LogP contribution in [0.25, 0.3) is 0 Å². The maximum atomic E-state index is 12.4. The third-order valence-electron chi connectivity index (χ3n) is 6.07. The first-order valence-corrected chi connectivity index (χ1v) is 13.2. The first-order chi connectivity index (χ1) is 17.9. The molecule has 9 heteroatoms. The number of fused-ring (bicyclic) bond motifs is 1. The molecule has 0 radical (unpaired) electrons. The van der Waals surface area contributed by atoms with Gasteiger partial charge in [0.15, 0.2) is 0 Å². The van der Waals surface area contributed by atoms with Crippen molar-refractivity contribution >= 4 is 18.2 Å². The quantitative estimate of drug-likeness (QED) is 0.136. The molecule has 1 aromatic rings. The molecule has 1 saturated heterocycles. The Morgan fingerprint density at radius 3 is 2.70 bits per heavy atom. The molecule has 2 heterocycles. The van der Waals surface area contributed by atoms with Crippen molar-refractivity contribution in [3.8, 4) is 0 Å². The highest BCUT2D eigenvalue weighted by Gasteiger charge is 2.21. The van der Waals surface area contributed by atoms with Crippen LogP contribution in [0, 0.1) is 5.92 Å². The number of ether oxygens (including phenoxy) is 1. The molecular weight excluding hydrogens is 468 g/mol. The smallest absolute Gasteiger partial charge is 0.338 e. The van der Waals surface area contributed by atoms with Gasteiger partial charge in [-0.15, -0.1) is 6.58 Å². The third-order valence-corrected chi connectivity index (χ3v) is 6.07. The number of hydrazone groups is 1. The Bertz CT molecular complexity index is 890. The van der Waals surface area contributed by atoms with Crippen LogP contribution in [0.5, 0.6) is 0 Å². The van der Waals surface area contributed by atoms with Crippen molar-refractivity contribution in [2.75, 3.05) is 39.3 Å². The van der Waals surface area contributed by atoms with E-state index in [0.717, 1.165) is 57.5 Å². The Hall–Kier alpha value is -3.17. The number of hydrazine groups is 1. The summed E-state index contributed by atoms with van der Waals surface area (Å²) in [6.45, 7) is 16.7. The Morgan fingerprint density at radius 1 is 1.27 bits per heavy atom. The minimum atomic E-state index is -0.203. The summed E-state index contributed by atoms with van der Waals surface area (Å²) in [5.74, 6) is 10.3. The second-order valence-electron chi connectivity index (χ2n) is 8.81. The lowest BCUT2D eigenvalue weighted by molar-refractivity contribution is -0.131. The summed E-state index contributed by atoms with van der Waals surface area (Å²) in [6.07, 6.45) is 9.91. The Labute approximate surface area is 222 Å². The molecule has 1 unspecified atom stereocenters. The molecule has 0 spiro atoms. The molecule has 0 aromatic heterocycles. The van der Waals surface area contributed by atoms with E-state index in [0.29, 0.717) is 18.6 Å². The number of hydrogen-bond donors (Lipinski definition) is 2. The van der Waals surface area contributed by atoms with E-state index in [2.05, 4.69) is 22.6 Å². The van der Waals surface area contributed by atoms with E-state index >= 15 is 0 Å². The number of cyclic esters (lactones) is 1. The van der Waals surface area contributed by atoms with Gasteiger partial charge in [0.25, 0.3) is 0 Å². The van der Waals surface area contributed by atoms with Crippen molar-refractivity contribution in [3.63, 3.8) is 0 Å². The molecule has 0 saturated carbocycles. The van der Waals surface area contributed by atoms with E-state index in [1.807, 2.05) is 50.8 Å². The summed E-state index contributed by atoms with van der Waals surface area (Å²) >= 11 is 0. The summed E-state index contributed by atoms with van der Waals surface area (Å²) in [7, 11) is 0. The zero-order valence-electron chi connectivity index (χ0n) is 23.1. The second kappa shape index (κ2) is 18.1. The van der Waals surface area contributed by atoms with Gasteiger partial charge in [-0.3, -0.25) is 9.80 Å². The van der Waals surface area contributed by atoms with Crippen molar-refractivity contribution in [1.82, 2.24) is 14.8 Å². The van der Waals surface area contributed by atoms with Crippen LogP contribution in [-0.2, 0) is 22.4 Å². The molecule has 1 fully saturated rings. The molecule has 206 valence electrons. The number of carbonyl (C=O) groups excluding carboxylic acids is 2. The van der Waals surface area contributed by atoms with Crippen molar-refractivity contribution in [1.29, 1.82) is 0 Å². The molecule has 3 rings (SSSR count). The highest BCUT2D eigenvalue weighted by Crippen LogP contribution is 2.19. The molecule has 37 heavy (non-hydrogen) atoms. The molecule has 1 aromatic carbocycles. The monoisotopic (exact) mass is 514 g/mol. The second-order valence-corrected chi connectivity index (χ2v) is 8.81. The number of hydrogen-bond acceptors (Lipinski definition) is 7. The van der Waals surface area contributed by atoms with Crippen LogP contribution in [0.2, 0.25) is 0 Å². The lowest BCUT2D eigenvalue weighted by Crippen LogP contribution is -2.36. The molecule has 2 aliphatic rings. The van der Waals surface area contributed by atoms with Crippen LogP contribution in [0.4, 0.5) is 0 Å². The number of nitrogens with zero attached hydrogens (tertiary/aromatic N) is 4. The molecular formula is C28H46N6O3. The zero-order chi connectivity index (χ0) is 27.6. The number of benzene rings is 1. The van der Waals surface area contributed by atoms with Crippen LogP contribution in [0.15, 0.2) is 48.2 Å². The lowest BCUT2D eigenvalue weighted by Gasteiger charge is -2.23. The Kier molecular flexibility index (Phi) is 15.6. The first-order valence-electron chi connectivity index (χ1n) is 13.2. The maximum absolute atomic E-state index is 12.4. The van der Waals surface area contributed by atoms with E-state index in [9.17, 15) is 9.59 Å². The molecule has 4 N–H and O–H groups in total. The minimum absolute atomic E-state index is 0.203. The van der Waals surface area contributed by atoms with Gasteiger partial charge in [0, 0.05) is 45.2 Å². The average molecular weight is 515 g/mol. The normalized spacial score (nSPS) is 16.5. The van der Waals surface area contributed by atoms with Crippen molar-refractivity contribution in [3.05, 3.63) is 59.8 Å². The number of amides is 1. The van der Waals surface area contributed by atoms with Gasteiger partial charge in [-0.05, 0) is 49.4 Å². The minimum Gasteiger partial charge on any atom is -0.462 e. The van der Waals surface area contributed by atoms with Gasteiger partial charge in [0.1, 0.15) is 6.34 Å². The fourth-order valence-corrected chi connectivity index (χ4v) is 4.05. The van der Waals surface area contributed by atoms with Gasteiger partial charge in [-0.1, -0.05) is 45.1 Å². The van der Waals surface area contributed by atoms with E-state index < -0.39 is 0 Å². The predicted octanol–water partition coefficient (Wildman–Crippen LogP) is 3.31. The molecule has 1 amide bonds. The van der Waals surface area contributed by atoms with E-state index in [1.165, 1.54) is 16.9 Å². The van der Waals surface area contributed by atoms with Crippen molar-refractivity contribution < 1.29 is 14.3 Å². The molecule has 2 aliphatic heterocycles. The molecule has 0 aliphatic carbocycles. The van der Waals surface area contributed by atoms with E-state index in [4.69, 9.17) is 16.4 Å². The van der Waals surface area contributed by atoms with Crippen molar-refractivity contribution in [2.24, 2.45) is 22.7 Å². The van der Waals surface area contributed by atoms with Crippen LogP contribution in [0.3, 0.4) is 0 Å². The summed E-state index contributed by atoms with van der Waals surface area (Å²) < 4.78 is 5.09. The lowest BCUT2D eigenvalue weighted by atomic mass is 9.98. The molecule has 9 nitrogen and oxygen atoms in total. The highest BCUT2D eigenvalue weighted by atomic mass is 16.5. The van der Waals surface area contributed by atoms with Crippen LogP contribution < -0.4 is 11.7 Å². The fourth-order valence-electron chi connectivity index (χ4n) is 4.05. The van der Waals surface area contributed by atoms with Gasteiger partial charge in [-0.2, -0.15) is 5.10 Å². The topological polar surface area (TPSA) is 117 Å². The third kappa shape index (κ3) is 11.6. The van der Waals surface area contributed by atoms with Gasteiger partial charge >= 0.3 is 5.97 Å². The molecule has 1 atom stereocenters. The standard InChI is InChI=1S/C22H30N2O3.C4H10N4.C2H6/c1-3-17(2)15-21(25)24-10-4-9-23(12-13-24)11-7-18-5-6-20-19(16-18)8-14-27-22(20)26;1-2-3-8(6)4-7-5;1-2/h3,5-6,16-17H,1,4,7-15H2,2H3;2-4H,5-6H2,1H3;1-2H3/b;3-2+,7-4-;. The summed E-state index contributed by atoms with van der Waals surface area (Å²) in [4.78, 5) is 28.6. The van der Waals surface area contributed by atoms with Gasteiger partial charge in [-0.25, -0.2) is 10.6 Å². The average Bonchev–Trinajstić information content (AvgIpc) is 3.15. The number of esters is 1. The summed E-state index contributed by atoms with van der Waals surface area (Å²) in [6, 6.07) is 6.09. The number of carbonyl (C=O) groups is 2. The van der Waals surface area contributed by atoms with Crippen molar-refractivity contribution in [2.45, 2.75) is 53.4 Å². The number of nitrogens with two attached hydrogens (primary N) is 2. The SMILES string of the molecule is C/C=C/N(N)/C=N\N.C=CC(C)CC(=O)N1CCCN(CCc2ccc3c(c2)CCOC3=O)CC1.CC. The van der Waals surface area contributed by atoms with Crippen LogP contribution >= 0.6 is 0 Å². The van der Waals surface area contributed by atoms with E-state index in [-0.39, 0.29) is 17.8 Å². The molecule has 0 bridgehead atoms. The van der Waals surface area contributed by atoms with Gasteiger partial charge in [0.2, 0.25) is 5.91 Å². The predicted molar refractivity (Wildman–Crippen MR) is 151 cm³/mol. The first kappa shape index (κ1) is 31.9. The Balaban J connectivity index is 0.000000586. The highest BCUT2D eigenvalue weighted by molar-refractivity contribution is 5.92. The largest absolute Gasteiger partial charge is 0.462 e.